The Morgan fingerprint density at radius 3 is 2.53 bits per heavy atom. The summed E-state index contributed by atoms with van der Waals surface area (Å²) >= 11 is 12.0. The van der Waals surface area contributed by atoms with Crippen molar-refractivity contribution in [1.82, 2.24) is 9.78 Å². The molecule has 0 aliphatic carbocycles. The number of fused-ring (bicyclic) bond motifs is 1. The van der Waals surface area contributed by atoms with Crippen molar-refractivity contribution in [2.45, 2.75) is 37.6 Å². The summed E-state index contributed by atoms with van der Waals surface area (Å²) in [5.74, 6) is -1.05. The quantitative estimate of drug-likeness (QED) is 0.377. The van der Waals surface area contributed by atoms with Crippen LogP contribution in [-0.4, -0.2) is 72.5 Å². The first kappa shape index (κ1) is 24.4. The van der Waals surface area contributed by atoms with Crippen LogP contribution in [0, 0.1) is 0 Å². The van der Waals surface area contributed by atoms with Crippen molar-refractivity contribution in [3.05, 3.63) is 63.8 Å². The van der Waals surface area contributed by atoms with Gasteiger partial charge in [-0.25, -0.2) is 4.79 Å². The minimum Gasteiger partial charge on any atom is -0.476 e. The molecular weight excluding hydrogens is 463 g/mol. The fourth-order valence-electron chi connectivity index (χ4n) is 3.30. The number of hydrogen-bond acceptors (Lipinski definition) is 7. The molecule has 1 fully saturated rings. The number of aliphatic hydroxyl groups is 4. The van der Waals surface area contributed by atoms with Gasteiger partial charge in [-0.15, -0.1) is 0 Å². The van der Waals surface area contributed by atoms with Crippen molar-refractivity contribution < 1.29 is 35.1 Å². The SMILES string of the molecule is O=C(O)c1nn(Cc2ccc(Cl)cc2Cl)c2ccccc12.OC[C@H]1O[C@@H](O)C[C@@H](O)[C@@H]1O. The number of rotatable bonds is 4. The lowest BCUT2D eigenvalue weighted by molar-refractivity contribution is -0.239. The number of para-hydroxylation sites is 1. The Kier molecular flexibility index (Phi) is 8.07. The lowest BCUT2D eigenvalue weighted by atomic mass is 10.0. The molecule has 0 amide bonds. The summed E-state index contributed by atoms with van der Waals surface area (Å²) in [5, 5.41) is 50.7. The maximum absolute atomic E-state index is 11.3. The Balaban J connectivity index is 0.000000222. The number of halogens is 2. The summed E-state index contributed by atoms with van der Waals surface area (Å²) in [5.41, 5.74) is 1.61. The van der Waals surface area contributed by atoms with E-state index in [0.29, 0.717) is 22.0 Å². The third-order valence-corrected chi connectivity index (χ3v) is 5.51. The molecule has 9 nitrogen and oxygen atoms in total. The van der Waals surface area contributed by atoms with Gasteiger partial charge in [0.05, 0.1) is 24.8 Å². The van der Waals surface area contributed by atoms with E-state index >= 15 is 0 Å². The second-order valence-corrected chi connectivity index (χ2v) is 8.01. The van der Waals surface area contributed by atoms with Crippen LogP contribution in [0.4, 0.5) is 0 Å². The summed E-state index contributed by atoms with van der Waals surface area (Å²) < 4.78 is 6.35. The normalized spacial score (nSPS) is 22.9. The molecule has 2 aromatic carbocycles. The van der Waals surface area contributed by atoms with Crippen LogP contribution in [0.25, 0.3) is 10.9 Å². The molecule has 11 heteroatoms. The van der Waals surface area contributed by atoms with Crippen LogP contribution in [0.3, 0.4) is 0 Å². The van der Waals surface area contributed by atoms with E-state index in [2.05, 4.69) is 5.10 Å². The van der Waals surface area contributed by atoms with Gasteiger partial charge in [-0.3, -0.25) is 4.68 Å². The maximum Gasteiger partial charge on any atom is 0.357 e. The van der Waals surface area contributed by atoms with Crippen LogP contribution in [-0.2, 0) is 11.3 Å². The first-order valence-electron chi connectivity index (χ1n) is 9.64. The molecule has 0 bridgehead atoms. The van der Waals surface area contributed by atoms with Crippen molar-refractivity contribution in [2.24, 2.45) is 0 Å². The van der Waals surface area contributed by atoms with E-state index in [-0.39, 0.29) is 12.1 Å². The van der Waals surface area contributed by atoms with Gasteiger partial charge in [0, 0.05) is 21.9 Å². The summed E-state index contributed by atoms with van der Waals surface area (Å²) in [6.45, 7) is -0.0287. The Bertz CT molecular complexity index is 1090. The second kappa shape index (κ2) is 10.6. The summed E-state index contributed by atoms with van der Waals surface area (Å²) in [6.07, 6.45) is -4.11. The predicted molar refractivity (Wildman–Crippen MR) is 117 cm³/mol. The Morgan fingerprint density at radius 1 is 1.16 bits per heavy atom. The van der Waals surface area contributed by atoms with Crippen molar-refractivity contribution in [3.8, 4) is 0 Å². The first-order chi connectivity index (χ1) is 15.2. The highest BCUT2D eigenvalue weighted by atomic mass is 35.5. The van der Waals surface area contributed by atoms with Crippen LogP contribution in [0.1, 0.15) is 22.5 Å². The summed E-state index contributed by atoms with van der Waals surface area (Å²) in [6, 6.07) is 12.4. The topological polar surface area (TPSA) is 145 Å². The number of carbonyl (C=O) groups is 1. The monoisotopic (exact) mass is 484 g/mol. The minimum absolute atomic E-state index is 0.0162. The van der Waals surface area contributed by atoms with E-state index in [9.17, 15) is 9.90 Å². The fraction of sp³-hybridized carbons (Fsp3) is 0.333. The molecule has 2 heterocycles. The number of carboxylic acids is 1. The molecule has 172 valence electrons. The third kappa shape index (κ3) is 5.57. The summed E-state index contributed by atoms with van der Waals surface area (Å²) in [4.78, 5) is 11.3. The zero-order valence-electron chi connectivity index (χ0n) is 16.7. The first-order valence-corrected chi connectivity index (χ1v) is 10.4. The average molecular weight is 485 g/mol. The molecule has 0 radical (unpaired) electrons. The molecule has 5 N–H and O–H groups in total. The molecule has 0 unspecified atom stereocenters. The molecule has 32 heavy (non-hydrogen) atoms. The van der Waals surface area contributed by atoms with Crippen LogP contribution >= 0.6 is 23.2 Å². The van der Waals surface area contributed by atoms with E-state index in [1.54, 1.807) is 28.9 Å². The number of aromatic nitrogens is 2. The number of hydrogen-bond donors (Lipinski definition) is 5. The zero-order valence-corrected chi connectivity index (χ0v) is 18.2. The van der Waals surface area contributed by atoms with Crippen molar-refractivity contribution in [2.75, 3.05) is 6.61 Å². The Hall–Kier alpha value is -2.24. The van der Waals surface area contributed by atoms with Crippen LogP contribution in [0.5, 0.6) is 0 Å². The molecule has 1 aliphatic rings. The molecule has 3 aromatic rings. The molecule has 0 spiro atoms. The van der Waals surface area contributed by atoms with E-state index in [0.717, 1.165) is 11.1 Å². The van der Waals surface area contributed by atoms with Gasteiger partial charge in [-0.05, 0) is 23.8 Å². The van der Waals surface area contributed by atoms with Crippen LogP contribution in [0.2, 0.25) is 10.0 Å². The molecule has 1 saturated heterocycles. The summed E-state index contributed by atoms with van der Waals surface area (Å²) in [7, 11) is 0. The number of aliphatic hydroxyl groups excluding tert-OH is 4. The van der Waals surface area contributed by atoms with E-state index in [1.807, 2.05) is 18.2 Å². The van der Waals surface area contributed by atoms with E-state index < -0.39 is 37.2 Å². The van der Waals surface area contributed by atoms with Crippen molar-refractivity contribution in [1.29, 1.82) is 0 Å². The lowest BCUT2D eigenvalue weighted by Gasteiger charge is -2.33. The van der Waals surface area contributed by atoms with Gasteiger partial charge in [-0.1, -0.05) is 47.5 Å². The standard InChI is InChI=1S/C15H10Cl2N2O2.C6H12O5/c16-10-6-5-9(12(17)7-10)8-19-13-4-2-1-3-11(13)14(18-19)15(20)21;7-2-4-6(10)3(8)1-5(9)11-4/h1-7H,8H2,(H,20,21);3-10H,1-2H2/t;3-,4-,5-,6+/m.1/s1. The molecular formula is C21H22Cl2N2O7. The molecule has 4 rings (SSSR count). The van der Waals surface area contributed by atoms with E-state index in [1.165, 1.54) is 0 Å². The lowest BCUT2D eigenvalue weighted by Crippen LogP contribution is -2.49. The number of ether oxygens (including phenoxy) is 1. The number of aromatic carboxylic acids is 1. The smallest absolute Gasteiger partial charge is 0.357 e. The zero-order chi connectivity index (χ0) is 23.4. The average Bonchev–Trinajstić information content (AvgIpc) is 3.12. The molecule has 0 saturated carbocycles. The van der Waals surface area contributed by atoms with Gasteiger partial charge >= 0.3 is 5.97 Å². The van der Waals surface area contributed by atoms with Gasteiger partial charge in [-0.2, -0.15) is 5.10 Å². The molecule has 4 atom stereocenters. The number of nitrogens with zero attached hydrogens (tertiary/aromatic N) is 2. The highest BCUT2D eigenvalue weighted by Gasteiger charge is 2.35. The van der Waals surface area contributed by atoms with Crippen LogP contribution in [0.15, 0.2) is 42.5 Å². The highest BCUT2D eigenvalue weighted by molar-refractivity contribution is 6.35. The van der Waals surface area contributed by atoms with Crippen LogP contribution < -0.4 is 0 Å². The molecule has 1 aromatic heterocycles. The van der Waals surface area contributed by atoms with Gasteiger partial charge in [0.25, 0.3) is 0 Å². The second-order valence-electron chi connectivity index (χ2n) is 7.17. The molecule has 1 aliphatic heterocycles. The number of carboxylic acid groups (broad SMARTS) is 1. The van der Waals surface area contributed by atoms with Crippen molar-refractivity contribution in [3.63, 3.8) is 0 Å². The minimum atomic E-state index is -1.11. The van der Waals surface area contributed by atoms with Gasteiger partial charge in [0.1, 0.15) is 12.2 Å². The Labute approximate surface area is 193 Å². The Morgan fingerprint density at radius 2 is 1.88 bits per heavy atom. The number of benzene rings is 2. The fourth-order valence-corrected chi connectivity index (χ4v) is 3.77. The van der Waals surface area contributed by atoms with Gasteiger partial charge in [0.2, 0.25) is 0 Å². The van der Waals surface area contributed by atoms with E-state index in [4.69, 9.17) is 48.4 Å². The van der Waals surface area contributed by atoms with Gasteiger partial charge < -0.3 is 30.3 Å². The van der Waals surface area contributed by atoms with Gasteiger partial charge in [0.15, 0.2) is 12.0 Å². The largest absolute Gasteiger partial charge is 0.476 e. The highest BCUT2D eigenvalue weighted by Crippen LogP contribution is 2.24. The third-order valence-electron chi connectivity index (χ3n) is 4.93. The maximum atomic E-state index is 11.3. The van der Waals surface area contributed by atoms with Crippen molar-refractivity contribution >= 4 is 40.1 Å². The predicted octanol–water partition coefficient (Wildman–Crippen LogP) is 1.90.